The summed E-state index contributed by atoms with van der Waals surface area (Å²) < 4.78 is 10.1. The van der Waals surface area contributed by atoms with Crippen molar-refractivity contribution in [1.29, 1.82) is 0 Å². The van der Waals surface area contributed by atoms with Crippen LogP contribution in [0.5, 0.6) is 0 Å². The van der Waals surface area contributed by atoms with Crippen LogP contribution in [-0.2, 0) is 15.9 Å². The lowest BCUT2D eigenvalue weighted by Gasteiger charge is -2.09. The monoisotopic (exact) mass is 205 g/mol. The molecule has 0 aromatic carbocycles. The molecule has 0 spiro atoms. The molecule has 1 aliphatic heterocycles. The van der Waals surface area contributed by atoms with E-state index >= 15 is 0 Å². The lowest BCUT2D eigenvalue weighted by molar-refractivity contribution is 0.0769. The van der Waals surface area contributed by atoms with Gasteiger partial charge >= 0.3 is 0 Å². The minimum Gasteiger partial charge on any atom is -0.462 e. The Labute approximate surface area is 88.7 Å². The standard InChI is InChI=1S/C11H13N2O2/c12-10(5-11-7-14-8-15-11)4-9-2-1-3-13-6-9/h1-3,6-7,10,12H,4-5,8H2. The quantitative estimate of drug-likeness (QED) is 0.748. The molecule has 0 bridgehead atoms. The fourth-order valence-corrected chi connectivity index (χ4v) is 1.50. The SMILES string of the molecule is [NH]C(CC1=COCO1)Cc1cccnc1. The van der Waals surface area contributed by atoms with E-state index in [0.29, 0.717) is 12.8 Å². The number of hydrogen-bond donors (Lipinski definition) is 0. The Balaban J connectivity index is 1.84. The molecule has 4 nitrogen and oxygen atoms in total. The fourth-order valence-electron chi connectivity index (χ4n) is 1.50. The van der Waals surface area contributed by atoms with Crippen molar-refractivity contribution >= 4 is 0 Å². The van der Waals surface area contributed by atoms with Crippen LogP contribution in [0.4, 0.5) is 0 Å². The zero-order valence-electron chi connectivity index (χ0n) is 8.35. The number of aromatic nitrogens is 1. The van der Waals surface area contributed by atoms with Crippen LogP contribution in [0.3, 0.4) is 0 Å². The van der Waals surface area contributed by atoms with E-state index in [1.54, 1.807) is 18.7 Å². The van der Waals surface area contributed by atoms with Crippen molar-refractivity contribution < 1.29 is 9.47 Å². The Morgan fingerprint density at radius 2 is 2.40 bits per heavy atom. The van der Waals surface area contributed by atoms with Crippen molar-refractivity contribution in [2.75, 3.05) is 6.79 Å². The number of pyridine rings is 1. The van der Waals surface area contributed by atoms with Crippen LogP contribution in [0.25, 0.3) is 0 Å². The molecule has 4 heteroatoms. The number of nitrogens with zero attached hydrogens (tertiary/aromatic N) is 1. The Morgan fingerprint density at radius 1 is 1.47 bits per heavy atom. The van der Waals surface area contributed by atoms with Gasteiger partial charge in [0.05, 0.1) is 0 Å². The van der Waals surface area contributed by atoms with Crippen molar-refractivity contribution in [3.63, 3.8) is 0 Å². The molecule has 0 amide bonds. The predicted molar refractivity (Wildman–Crippen MR) is 54.6 cm³/mol. The lowest BCUT2D eigenvalue weighted by Crippen LogP contribution is -2.14. The average molecular weight is 205 g/mol. The third-order valence-electron chi connectivity index (χ3n) is 2.18. The van der Waals surface area contributed by atoms with E-state index in [2.05, 4.69) is 4.98 Å². The van der Waals surface area contributed by atoms with Gasteiger partial charge in [0.1, 0.15) is 12.0 Å². The molecule has 0 saturated heterocycles. The second-order valence-corrected chi connectivity index (χ2v) is 3.48. The maximum atomic E-state index is 7.87. The highest BCUT2D eigenvalue weighted by atomic mass is 16.7. The molecule has 1 N–H and O–H groups in total. The Hall–Kier alpha value is -1.55. The second kappa shape index (κ2) is 4.79. The minimum atomic E-state index is -0.206. The third-order valence-corrected chi connectivity index (χ3v) is 2.18. The second-order valence-electron chi connectivity index (χ2n) is 3.48. The Morgan fingerprint density at radius 3 is 3.07 bits per heavy atom. The van der Waals surface area contributed by atoms with Gasteiger partial charge in [-0.3, -0.25) is 10.7 Å². The maximum absolute atomic E-state index is 7.87. The third kappa shape index (κ3) is 2.95. The van der Waals surface area contributed by atoms with Gasteiger partial charge < -0.3 is 9.47 Å². The van der Waals surface area contributed by atoms with Crippen LogP contribution < -0.4 is 5.73 Å². The average Bonchev–Trinajstić information content (AvgIpc) is 2.71. The van der Waals surface area contributed by atoms with E-state index in [0.717, 1.165) is 11.3 Å². The highest BCUT2D eigenvalue weighted by Gasteiger charge is 2.12. The van der Waals surface area contributed by atoms with E-state index in [4.69, 9.17) is 15.2 Å². The Kier molecular flexibility index (Phi) is 3.19. The van der Waals surface area contributed by atoms with E-state index in [1.165, 1.54) is 0 Å². The molecule has 79 valence electrons. The smallest absolute Gasteiger partial charge is 0.229 e. The first-order valence-corrected chi connectivity index (χ1v) is 4.88. The molecular formula is C11H13N2O2. The van der Waals surface area contributed by atoms with E-state index < -0.39 is 0 Å². The molecule has 0 saturated carbocycles. The van der Waals surface area contributed by atoms with Gasteiger partial charge in [-0.05, 0) is 18.1 Å². The largest absolute Gasteiger partial charge is 0.462 e. The van der Waals surface area contributed by atoms with Crippen molar-refractivity contribution in [2.24, 2.45) is 0 Å². The van der Waals surface area contributed by atoms with Crippen molar-refractivity contribution in [2.45, 2.75) is 18.9 Å². The van der Waals surface area contributed by atoms with Crippen LogP contribution in [-0.4, -0.2) is 17.8 Å². The summed E-state index contributed by atoms with van der Waals surface area (Å²) in [5, 5.41) is 0. The molecular weight excluding hydrogens is 192 g/mol. The summed E-state index contributed by atoms with van der Waals surface area (Å²) in [5.41, 5.74) is 8.95. The van der Waals surface area contributed by atoms with Gasteiger partial charge in [0.15, 0.2) is 0 Å². The predicted octanol–water partition coefficient (Wildman–Crippen LogP) is 1.51. The fraction of sp³-hybridized carbons (Fsp3) is 0.364. The summed E-state index contributed by atoms with van der Waals surface area (Å²) in [4.78, 5) is 4.02. The van der Waals surface area contributed by atoms with Crippen molar-refractivity contribution in [3.05, 3.63) is 42.1 Å². The van der Waals surface area contributed by atoms with Crippen LogP contribution in [0, 0.1) is 0 Å². The summed E-state index contributed by atoms with van der Waals surface area (Å²) in [7, 11) is 0. The van der Waals surface area contributed by atoms with E-state index in [1.807, 2.05) is 12.1 Å². The molecule has 15 heavy (non-hydrogen) atoms. The first-order chi connectivity index (χ1) is 7.34. The topological polar surface area (TPSA) is 55.2 Å². The zero-order valence-corrected chi connectivity index (χ0v) is 8.35. The first kappa shape index (κ1) is 9.98. The molecule has 1 aliphatic rings. The van der Waals surface area contributed by atoms with Crippen LogP contribution in [0.15, 0.2) is 36.5 Å². The van der Waals surface area contributed by atoms with Crippen LogP contribution in [0.2, 0.25) is 0 Å². The summed E-state index contributed by atoms with van der Waals surface area (Å²) in [6.45, 7) is 0.287. The molecule has 0 fully saturated rings. The van der Waals surface area contributed by atoms with Gasteiger partial charge in [-0.1, -0.05) is 6.07 Å². The van der Waals surface area contributed by atoms with Crippen LogP contribution >= 0.6 is 0 Å². The molecule has 1 unspecified atom stereocenters. The highest BCUT2D eigenvalue weighted by molar-refractivity contribution is 5.10. The van der Waals surface area contributed by atoms with Gasteiger partial charge in [0.2, 0.25) is 6.79 Å². The number of ether oxygens (including phenoxy) is 2. The molecule has 2 heterocycles. The number of nitrogens with one attached hydrogen (secondary N) is 1. The van der Waals surface area contributed by atoms with Gasteiger partial charge in [-0.2, -0.15) is 0 Å². The molecule has 1 atom stereocenters. The van der Waals surface area contributed by atoms with Gasteiger partial charge in [-0.15, -0.1) is 0 Å². The number of hydrogen-bond acceptors (Lipinski definition) is 3. The summed E-state index contributed by atoms with van der Waals surface area (Å²) in [5.74, 6) is 0.763. The molecule has 1 radical (unpaired) electrons. The van der Waals surface area contributed by atoms with E-state index in [9.17, 15) is 0 Å². The molecule has 1 aromatic rings. The van der Waals surface area contributed by atoms with Gasteiger partial charge in [-0.25, -0.2) is 0 Å². The summed E-state index contributed by atoms with van der Waals surface area (Å²) in [6, 6.07) is 3.66. The number of rotatable bonds is 4. The highest BCUT2D eigenvalue weighted by Crippen LogP contribution is 2.15. The molecule has 1 aromatic heterocycles. The molecule has 0 aliphatic carbocycles. The van der Waals surface area contributed by atoms with Gasteiger partial charge in [0.25, 0.3) is 0 Å². The first-order valence-electron chi connectivity index (χ1n) is 4.88. The van der Waals surface area contributed by atoms with Crippen molar-refractivity contribution in [3.8, 4) is 0 Å². The minimum absolute atomic E-state index is 0.206. The van der Waals surface area contributed by atoms with E-state index in [-0.39, 0.29) is 12.8 Å². The maximum Gasteiger partial charge on any atom is 0.229 e. The normalized spacial score (nSPS) is 16.5. The zero-order chi connectivity index (χ0) is 10.5. The lowest BCUT2D eigenvalue weighted by atomic mass is 10.1. The summed E-state index contributed by atoms with van der Waals surface area (Å²) >= 11 is 0. The molecule has 2 rings (SSSR count). The summed E-state index contributed by atoms with van der Waals surface area (Å²) in [6.07, 6.45) is 6.40. The Bertz CT molecular complexity index is 338. The van der Waals surface area contributed by atoms with Gasteiger partial charge in [0, 0.05) is 24.9 Å². The van der Waals surface area contributed by atoms with Crippen LogP contribution in [0.1, 0.15) is 12.0 Å². The van der Waals surface area contributed by atoms with Crippen molar-refractivity contribution in [1.82, 2.24) is 10.7 Å².